The monoisotopic (exact) mass is 1040 g/mol. The van der Waals surface area contributed by atoms with Crippen LogP contribution in [0, 0.1) is 12.1 Å². The molecule has 0 amide bonds. The molecule has 0 bridgehead atoms. The minimum absolute atomic E-state index is 0. The van der Waals surface area contributed by atoms with Gasteiger partial charge in [-0.15, -0.1) is 47.0 Å². The largest absolute Gasteiger partial charge is 0.523 e. The summed E-state index contributed by atoms with van der Waals surface area (Å²) in [4.78, 5) is 13.9. The first-order valence-electron chi connectivity index (χ1n) is 19.7. The van der Waals surface area contributed by atoms with E-state index in [0.29, 0.717) is 0 Å². The molecule has 0 saturated carbocycles. The van der Waals surface area contributed by atoms with Gasteiger partial charge in [0.2, 0.25) is 0 Å². The average molecular weight is 1040 g/mol. The first kappa shape index (κ1) is 42.7. The second kappa shape index (κ2) is 19.0. The average Bonchev–Trinajstić information content (AvgIpc) is 3.64. The van der Waals surface area contributed by atoms with Gasteiger partial charge in [0.05, 0.1) is 45.6 Å². The van der Waals surface area contributed by atoms with Gasteiger partial charge in [-0.1, -0.05) is 126 Å². The van der Waals surface area contributed by atoms with Crippen LogP contribution >= 0.6 is 13.2 Å². The molecule has 7 aromatic carbocycles. The van der Waals surface area contributed by atoms with Gasteiger partial charge in [-0.3, -0.25) is 9.97 Å². The number of nitrogens with one attached hydrogen (secondary N) is 1. The molecule has 0 fully saturated rings. The van der Waals surface area contributed by atoms with Gasteiger partial charge < -0.3 is 24.5 Å². The number of fused-ring (bicyclic) bond motifs is 3. The summed E-state index contributed by atoms with van der Waals surface area (Å²) in [7, 11) is 0. The molecule has 1 aliphatic carbocycles. The molecule has 61 heavy (non-hydrogen) atoms. The van der Waals surface area contributed by atoms with Gasteiger partial charge in [0, 0.05) is 32.0 Å². The third kappa shape index (κ3) is 8.23. The summed E-state index contributed by atoms with van der Waals surface area (Å²) < 4.78 is 0. The molecule has 1 atom stereocenters. The zero-order chi connectivity index (χ0) is 40.8. The Bertz CT molecular complexity index is 2610. The maximum atomic E-state index is 6.44. The minimum Gasteiger partial charge on any atom is -0.523 e. The maximum absolute atomic E-state index is 6.44. The van der Waals surface area contributed by atoms with Crippen LogP contribution in [0.1, 0.15) is 22.5 Å². The molecular formula is C53H39IrN3P2S2-2. The second-order valence-electron chi connectivity index (χ2n) is 14.3. The van der Waals surface area contributed by atoms with E-state index in [4.69, 9.17) is 34.5 Å². The molecule has 9 aromatic rings. The zero-order valence-electron chi connectivity index (χ0n) is 32.9. The fourth-order valence-corrected chi connectivity index (χ4v) is 18.6. The quantitative estimate of drug-likeness (QED) is 0.0886. The van der Waals surface area contributed by atoms with E-state index in [1.165, 1.54) is 16.7 Å². The van der Waals surface area contributed by atoms with E-state index in [0.717, 1.165) is 49.4 Å². The Labute approximate surface area is 384 Å². The van der Waals surface area contributed by atoms with Crippen LogP contribution in [0.3, 0.4) is 0 Å². The van der Waals surface area contributed by atoms with Crippen molar-refractivity contribution in [2.24, 2.45) is 0 Å². The fraction of sp³-hybridized carbons (Fsp3) is 0.0189. The summed E-state index contributed by atoms with van der Waals surface area (Å²) in [5, 5.41) is 4.51. The van der Waals surface area contributed by atoms with E-state index in [1.54, 1.807) is 0 Å². The normalized spacial score (nSPS) is 14.1. The number of pyridine rings is 2. The number of rotatable bonds is 9. The van der Waals surface area contributed by atoms with E-state index in [1.807, 2.05) is 85.1 Å². The van der Waals surface area contributed by atoms with E-state index >= 15 is 0 Å². The Balaban J connectivity index is 0.000000166. The van der Waals surface area contributed by atoms with E-state index in [2.05, 4.69) is 163 Å². The summed E-state index contributed by atoms with van der Waals surface area (Å²) in [6.45, 7) is -4.70. The van der Waals surface area contributed by atoms with Crippen LogP contribution in [0.2, 0.25) is 0 Å². The van der Waals surface area contributed by atoms with Crippen molar-refractivity contribution in [1.29, 1.82) is 0 Å². The Morgan fingerprint density at radius 1 is 0.443 bits per heavy atom. The molecule has 1 N–H and O–H groups in total. The Kier molecular flexibility index (Phi) is 13.3. The van der Waals surface area contributed by atoms with Crippen molar-refractivity contribution in [3.8, 4) is 22.4 Å². The molecule has 2 aromatic heterocycles. The minimum atomic E-state index is -2.35. The van der Waals surface area contributed by atoms with Crippen molar-refractivity contribution in [2.75, 3.05) is 0 Å². The Hall–Kier alpha value is -4.99. The number of benzene rings is 7. The number of hydrogen-bond acceptors (Lipinski definition) is 5. The molecular weight excluding hydrogens is 997 g/mol. The van der Waals surface area contributed by atoms with Gasteiger partial charge in [0.1, 0.15) is 0 Å². The van der Waals surface area contributed by atoms with Crippen molar-refractivity contribution in [3.63, 3.8) is 0 Å². The van der Waals surface area contributed by atoms with Crippen LogP contribution in [0.15, 0.2) is 231 Å². The van der Waals surface area contributed by atoms with Crippen LogP contribution in [-0.4, -0.2) is 9.97 Å². The van der Waals surface area contributed by atoms with Crippen molar-refractivity contribution in [3.05, 3.63) is 265 Å². The molecule has 0 aliphatic heterocycles. The van der Waals surface area contributed by atoms with Crippen molar-refractivity contribution in [1.82, 2.24) is 14.8 Å². The van der Waals surface area contributed by atoms with Gasteiger partial charge in [-0.2, -0.15) is 24.3 Å². The number of aromatic nitrogens is 2. The molecule has 1 radical (unpaired) electrons. The molecule has 0 spiro atoms. The fourth-order valence-electron chi connectivity index (χ4n) is 8.02. The molecule has 2 heterocycles. The zero-order valence-corrected chi connectivity index (χ0v) is 38.7. The smallest absolute Gasteiger partial charge is 0.0987 e. The van der Waals surface area contributed by atoms with Crippen LogP contribution in [0.5, 0.6) is 0 Å². The predicted molar refractivity (Wildman–Crippen MR) is 258 cm³/mol. The molecule has 0 unspecified atom stereocenters. The molecule has 10 rings (SSSR count). The molecule has 1 aliphatic rings. The van der Waals surface area contributed by atoms with Gasteiger partial charge >= 0.3 is 0 Å². The maximum Gasteiger partial charge on any atom is 0.0987 e. The van der Waals surface area contributed by atoms with Crippen molar-refractivity contribution >= 4 is 58.9 Å². The van der Waals surface area contributed by atoms with E-state index in [-0.39, 0.29) is 20.1 Å². The standard InChI is InChI=1S/C29H18N2.C24H21NP2S2.Ir/c1-2-11-21(12-3-1)26-17-10-19-28(31-26)29(27-18-8-9-20-30-27)24-15-6-4-13-22(24)23-14-5-7-16-25(23)29;28-26(21-13-5-1-6-14-21,22-15-7-2-8-16-22)25-27(29,23-17-9-3-10-18-23)24-19-11-4-12-20-24;/h1-11,13-15,17-20H;1-20H,(H,25,28,29);/q-2;;/t29-;;/m0../s1. The first-order chi connectivity index (χ1) is 29.5. The first-order valence-corrected chi connectivity index (χ1v) is 25.3. The van der Waals surface area contributed by atoms with Crippen LogP contribution in [0.25, 0.3) is 22.4 Å². The molecule has 299 valence electrons. The molecule has 3 nitrogen and oxygen atoms in total. The molecule has 8 heteroatoms. The third-order valence-electron chi connectivity index (χ3n) is 10.8. The van der Waals surface area contributed by atoms with Gasteiger partial charge in [-0.05, 0) is 78.0 Å². The predicted octanol–water partition coefficient (Wildman–Crippen LogP) is 10.8. The number of hydrogen-bond donors (Lipinski definition) is 1. The Morgan fingerprint density at radius 2 is 0.934 bits per heavy atom. The summed E-state index contributed by atoms with van der Waals surface area (Å²) >= 11 is 12.9. The van der Waals surface area contributed by atoms with Gasteiger partial charge in [0.15, 0.2) is 0 Å². The van der Waals surface area contributed by atoms with Crippen molar-refractivity contribution in [2.45, 2.75) is 5.41 Å². The van der Waals surface area contributed by atoms with Crippen LogP contribution in [-0.2, 0) is 50.0 Å². The number of nitrogens with zero attached hydrogens (tertiary/aromatic N) is 2. The summed E-state index contributed by atoms with van der Waals surface area (Å²) in [6.07, 6.45) is 1.86. The second-order valence-corrected chi connectivity index (χ2v) is 22.9. The van der Waals surface area contributed by atoms with Crippen molar-refractivity contribution < 1.29 is 20.1 Å². The van der Waals surface area contributed by atoms with Crippen LogP contribution in [0.4, 0.5) is 0 Å². The summed E-state index contributed by atoms with van der Waals surface area (Å²) in [5.74, 6) is 0. The summed E-state index contributed by atoms with van der Waals surface area (Å²) in [6, 6.07) is 83.4. The van der Waals surface area contributed by atoms with Crippen LogP contribution < -0.4 is 26.1 Å². The summed E-state index contributed by atoms with van der Waals surface area (Å²) in [5.41, 5.74) is 7.81. The van der Waals surface area contributed by atoms with Gasteiger partial charge in [0.25, 0.3) is 0 Å². The molecule has 0 saturated heterocycles. The van der Waals surface area contributed by atoms with E-state index in [9.17, 15) is 0 Å². The topological polar surface area (TPSA) is 37.8 Å². The SMILES string of the molecule is [Ir].[S-][P+](N[P+]([S-])(c1ccccc1)c1ccccc1)(c1ccccc1)c1ccccc1.[c-]1ccccc1-c1cccc([C@]2(c3ccccn3)c3[c-]cccc3-c3ccccc32)n1. The van der Waals surface area contributed by atoms with Gasteiger partial charge in [-0.25, -0.2) is 0 Å². The van der Waals surface area contributed by atoms with E-state index < -0.39 is 18.6 Å². The Morgan fingerprint density at radius 3 is 1.48 bits per heavy atom. The third-order valence-corrected chi connectivity index (χ3v) is 21.1.